The van der Waals surface area contributed by atoms with Crippen molar-refractivity contribution in [2.75, 3.05) is 12.9 Å². The van der Waals surface area contributed by atoms with Gasteiger partial charge in [-0.3, -0.25) is 9.00 Å². The molecule has 0 bridgehead atoms. The number of esters is 1. The van der Waals surface area contributed by atoms with E-state index in [4.69, 9.17) is 4.74 Å². The molecule has 0 radical (unpaired) electrons. The van der Waals surface area contributed by atoms with Crippen molar-refractivity contribution in [3.05, 3.63) is 34.9 Å². The van der Waals surface area contributed by atoms with Crippen LogP contribution in [0.4, 0.5) is 0 Å². The summed E-state index contributed by atoms with van der Waals surface area (Å²) in [5, 5.41) is 0. The molecule has 0 N–H and O–H groups in total. The van der Waals surface area contributed by atoms with Crippen LogP contribution in [0.15, 0.2) is 18.2 Å². The first kappa shape index (κ1) is 15.2. The minimum atomic E-state index is -0.925. The fourth-order valence-electron chi connectivity index (χ4n) is 2.56. The molecule has 2 rings (SSSR count). The fourth-order valence-corrected chi connectivity index (χ4v) is 4.51. The number of carbonyl (C=O) groups excluding carboxylic acids is 1. The number of hydrogen-bond acceptors (Lipinski definition) is 3. The van der Waals surface area contributed by atoms with Crippen LogP contribution in [0.5, 0.6) is 0 Å². The third kappa shape index (κ3) is 3.69. The van der Waals surface area contributed by atoms with Crippen LogP contribution in [-0.4, -0.2) is 23.0 Å². The maximum Gasteiger partial charge on any atom is 0.306 e. The summed E-state index contributed by atoms with van der Waals surface area (Å²) in [5.74, 6) is 1.00. The van der Waals surface area contributed by atoms with Crippen molar-refractivity contribution in [1.82, 2.24) is 0 Å². The van der Waals surface area contributed by atoms with Crippen LogP contribution < -0.4 is 0 Å². The van der Waals surface area contributed by atoms with Crippen LogP contribution in [-0.2, 0) is 26.1 Å². The standard InChI is InChI=1S/C16H22O3S/c1-12-5-4-6-13(2)14(12)10-20(18)11-16(7-8-16)9-15(17)19-3/h4-6H,7-11H2,1-3H3. The Bertz CT molecular complexity index is 512. The van der Waals surface area contributed by atoms with Crippen LogP contribution in [0.3, 0.4) is 0 Å². The summed E-state index contributed by atoms with van der Waals surface area (Å²) in [5.41, 5.74) is 3.50. The quantitative estimate of drug-likeness (QED) is 0.758. The minimum Gasteiger partial charge on any atom is -0.469 e. The van der Waals surface area contributed by atoms with E-state index in [1.807, 2.05) is 6.07 Å². The molecule has 1 saturated carbocycles. The zero-order valence-electron chi connectivity index (χ0n) is 12.4. The Morgan fingerprint density at radius 1 is 1.30 bits per heavy atom. The van der Waals surface area contributed by atoms with Gasteiger partial charge >= 0.3 is 5.97 Å². The Morgan fingerprint density at radius 3 is 2.40 bits per heavy atom. The molecule has 0 saturated heterocycles. The van der Waals surface area contributed by atoms with Crippen LogP contribution in [0.1, 0.15) is 36.0 Å². The van der Waals surface area contributed by atoms with Crippen LogP contribution >= 0.6 is 0 Å². The molecule has 1 unspecified atom stereocenters. The Kier molecular flexibility index (Phi) is 4.63. The van der Waals surface area contributed by atoms with E-state index in [1.165, 1.54) is 23.8 Å². The van der Waals surface area contributed by atoms with Crippen LogP contribution in [0.2, 0.25) is 0 Å². The second kappa shape index (κ2) is 6.08. The Morgan fingerprint density at radius 2 is 1.90 bits per heavy atom. The molecule has 20 heavy (non-hydrogen) atoms. The van der Waals surface area contributed by atoms with Gasteiger partial charge in [-0.2, -0.15) is 0 Å². The smallest absolute Gasteiger partial charge is 0.306 e. The highest BCUT2D eigenvalue weighted by molar-refractivity contribution is 7.84. The maximum atomic E-state index is 12.4. The zero-order valence-corrected chi connectivity index (χ0v) is 13.2. The second-order valence-electron chi connectivity index (χ2n) is 5.85. The van der Waals surface area contributed by atoms with Crippen LogP contribution in [0.25, 0.3) is 0 Å². The average Bonchev–Trinajstić information content (AvgIpc) is 3.13. The summed E-state index contributed by atoms with van der Waals surface area (Å²) in [6.45, 7) is 4.11. The highest BCUT2D eigenvalue weighted by Gasteiger charge is 2.45. The third-order valence-electron chi connectivity index (χ3n) is 4.12. The van der Waals surface area contributed by atoms with Gasteiger partial charge in [-0.25, -0.2) is 0 Å². The van der Waals surface area contributed by atoms with Crippen LogP contribution in [0, 0.1) is 19.3 Å². The highest BCUT2D eigenvalue weighted by Crippen LogP contribution is 2.49. The highest BCUT2D eigenvalue weighted by atomic mass is 32.2. The third-order valence-corrected chi connectivity index (χ3v) is 5.67. The summed E-state index contributed by atoms with van der Waals surface area (Å²) in [7, 11) is 0.484. The molecule has 0 heterocycles. The van der Waals surface area contributed by atoms with E-state index < -0.39 is 10.8 Å². The summed E-state index contributed by atoms with van der Waals surface area (Å²) < 4.78 is 17.1. The first-order valence-corrected chi connectivity index (χ1v) is 8.41. The molecule has 3 nitrogen and oxygen atoms in total. The molecule has 0 spiro atoms. The monoisotopic (exact) mass is 294 g/mol. The maximum absolute atomic E-state index is 12.4. The molecule has 4 heteroatoms. The number of methoxy groups -OCH3 is 1. The van der Waals surface area contributed by atoms with Crippen molar-refractivity contribution in [3.8, 4) is 0 Å². The van der Waals surface area contributed by atoms with E-state index in [9.17, 15) is 9.00 Å². The summed E-state index contributed by atoms with van der Waals surface area (Å²) in [6.07, 6.45) is 2.38. The fraction of sp³-hybridized carbons (Fsp3) is 0.562. The lowest BCUT2D eigenvalue weighted by molar-refractivity contribution is -0.141. The Labute approximate surface area is 123 Å². The van der Waals surface area contributed by atoms with Gasteiger partial charge in [0.1, 0.15) is 0 Å². The molecule has 0 amide bonds. The van der Waals surface area contributed by atoms with E-state index >= 15 is 0 Å². The molecule has 0 aliphatic heterocycles. The lowest BCUT2D eigenvalue weighted by Gasteiger charge is -2.15. The Balaban J connectivity index is 1.98. The van der Waals surface area contributed by atoms with Crippen molar-refractivity contribution in [2.24, 2.45) is 5.41 Å². The molecule has 0 aromatic heterocycles. The van der Waals surface area contributed by atoms with Gasteiger partial charge in [0.25, 0.3) is 0 Å². The molecule has 1 aliphatic rings. The van der Waals surface area contributed by atoms with E-state index in [0.29, 0.717) is 17.9 Å². The molecule has 1 aromatic rings. The number of hydrogen-bond donors (Lipinski definition) is 0. The van der Waals surface area contributed by atoms with Gasteiger partial charge in [-0.05, 0) is 48.8 Å². The van der Waals surface area contributed by atoms with E-state index in [2.05, 4.69) is 26.0 Å². The lowest BCUT2D eigenvalue weighted by atomic mass is 10.1. The second-order valence-corrected chi connectivity index (χ2v) is 7.31. The molecule has 110 valence electrons. The summed E-state index contributed by atoms with van der Waals surface area (Å²) in [6, 6.07) is 6.14. The number of benzene rings is 1. The normalized spacial score (nSPS) is 17.6. The van der Waals surface area contributed by atoms with Crippen molar-refractivity contribution in [1.29, 1.82) is 0 Å². The van der Waals surface area contributed by atoms with Gasteiger partial charge < -0.3 is 4.74 Å². The van der Waals surface area contributed by atoms with Gasteiger partial charge in [-0.15, -0.1) is 0 Å². The first-order chi connectivity index (χ1) is 9.46. The van der Waals surface area contributed by atoms with Crippen molar-refractivity contribution < 1.29 is 13.7 Å². The number of aryl methyl sites for hydroxylation is 2. The van der Waals surface area contributed by atoms with E-state index in [1.54, 1.807) is 0 Å². The van der Waals surface area contributed by atoms with Crippen molar-refractivity contribution >= 4 is 16.8 Å². The van der Waals surface area contributed by atoms with Gasteiger partial charge in [0.2, 0.25) is 0 Å². The molecule has 1 fully saturated rings. The average molecular weight is 294 g/mol. The van der Waals surface area contributed by atoms with E-state index in [-0.39, 0.29) is 11.4 Å². The SMILES string of the molecule is COC(=O)CC1(CS(=O)Cc2c(C)cccc2C)CC1. The predicted octanol–water partition coefficient (Wildman–Crippen LogP) is 2.90. The topological polar surface area (TPSA) is 43.4 Å². The number of rotatable bonds is 6. The number of carbonyl (C=O) groups is 1. The van der Waals surface area contributed by atoms with Gasteiger partial charge in [0.05, 0.1) is 13.5 Å². The molecule has 1 aliphatic carbocycles. The molecular weight excluding hydrogens is 272 g/mol. The Hall–Kier alpha value is -1.16. The van der Waals surface area contributed by atoms with Crippen molar-refractivity contribution in [3.63, 3.8) is 0 Å². The summed E-state index contributed by atoms with van der Waals surface area (Å²) in [4.78, 5) is 11.4. The first-order valence-electron chi connectivity index (χ1n) is 6.93. The molecule has 1 atom stereocenters. The van der Waals surface area contributed by atoms with Crippen molar-refractivity contribution in [2.45, 2.75) is 38.9 Å². The number of ether oxygens (including phenoxy) is 1. The van der Waals surface area contributed by atoms with E-state index in [0.717, 1.165) is 12.8 Å². The largest absolute Gasteiger partial charge is 0.469 e. The summed E-state index contributed by atoms with van der Waals surface area (Å²) >= 11 is 0. The minimum absolute atomic E-state index is 0.0610. The zero-order chi connectivity index (χ0) is 14.8. The van der Waals surface area contributed by atoms with Gasteiger partial charge in [0, 0.05) is 22.3 Å². The molecular formula is C16H22O3S. The van der Waals surface area contributed by atoms with Gasteiger partial charge in [0.15, 0.2) is 0 Å². The predicted molar refractivity (Wildman–Crippen MR) is 80.9 cm³/mol. The van der Waals surface area contributed by atoms with Gasteiger partial charge in [-0.1, -0.05) is 18.2 Å². The lowest BCUT2D eigenvalue weighted by Crippen LogP contribution is -2.19. The molecule has 1 aromatic carbocycles.